The van der Waals surface area contributed by atoms with Crippen LogP contribution in [0.15, 0.2) is 113 Å². The summed E-state index contributed by atoms with van der Waals surface area (Å²) in [5.41, 5.74) is 1.82. The molecule has 0 saturated heterocycles. The molecule has 0 aliphatic heterocycles. The van der Waals surface area contributed by atoms with Crippen LogP contribution in [0.3, 0.4) is 0 Å². The normalized spacial score (nSPS) is 10.9. The summed E-state index contributed by atoms with van der Waals surface area (Å²) in [7, 11) is 3.13. The maximum Gasteiger partial charge on any atom is 0.259 e. The number of fused-ring (bicyclic) bond motifs is 1. The zero-order valence-corrected chi connectivity index (χ0v) is 22.3. The first-order valence-corrected chi connectivity index (χ1v) is 12.6. The molecule has 0 aliphatic rings. The van der Waals surface area contributed by atoms with Gasteiger partial charge in [0.05, 0.1) is 31.0 Å². The first kappa shape index (κ1) is 26.9. The van der Waals surface area contributed by atoms with Crippen LogP contribution < -0.4 is 20.1 Å². The van der Waals surface area contributed by atoms with Gasteiger partial charge in [0.1, 0.15) is 17.2 Å². The molecular weight excluding hydrogens is 520 g/mol. The number of rotatable bonds is 8. The molecule has 5 aromatic rings. The van der Waals surface area contributed by atoms with E-state index in [1.54, 1.807) is 105 Å². The van der Waals surface area contributed by atoms with Gasteiger partial charge in [0.25, 0.3) is 11.8 Å². The third-order valence-electron chi connectivity index (χ3n) is 6.34. The number of hydrogen-bond acceptors (Lipinski definition) is 7. The van der Waals surface area contributed by atoms with Crippen molar-refractivity contribution in [3.8, 4) is 17.2 Å². The highest BCUT2D eigenvalue weighted by Gasteiger charge is 2.19. The number of nitrogens with one attached hydrogen (secondary N) is 2. The minimum atomic E-state index is -0.519. The number of hydrogen-bond donors (Lipinski definition) is 3. The lowest BCUT2D eigenvalue weighted by molar-refractivity contribution is 0.101. The van der Waals surface area contributed by atoms with Crippen molar-refractivity contribution >= 4 is 45.3 Å². The predicted octanol–water partition coefficient (Wildman–Crippen LogP) is 7.48. The number of phenolic OH excluding ortho intramolecular Hbond substituents is 1. The molecule has 0 radical (unpaired) electrons. The van der Waals surface area contributed by atoms with Gasteiger partial charge in [-0.3, -0.25) is 9.59 Å². The number of amides is 2. The Morgan fingerprint density at radius 1 is 0.659 bits per heavy atom. The van der Waals surface area contributed by atoms with Gasteiger partial charge in [0, 0.05) is 16.8 Å². The van der Waals surface area contributed by atoms with Crippen LogP contribution in [-0.2, 0) is 0 Å². The molecule has 9 nitrogen and oxygen atoms in total. The molecule has 41 heavy (non-hydrogen) atoms. The Bertz CT molecular complexity index is 1750. The van der Waals surface area contributed by atoms with Gasteiger partial charge in [0.2, 0.25) is 0 Å². The van der Waals surface area contributed by atoms with E-state index in [1.165, 1.54) is 0 Å². The Labute approximate surface area is 236 Å². The van der Waals surface area contributed by atoms with Crippen LogP contribution in [0, 0.1) is 0 Å². The summed E-state index contributed by atoms with van der Waals surface area (Å²) >= 11 is 0. The number of carbonyl (C=O) groups excluding carboxylic acids is 2. The second kappa shape index (κ2) is 12.0. The average molecular weight is 547 g/mol. The van der Waals surface area contributed by atoms with Gasteiger partial charge in [-0.2, -0.15) is 0 Å². The number of anilines is 2. The van der Waals surface area contributed by atoms with Crippen molar-refractivity contribution in [2.75, 3.05) is 24.9 Å². The van der Waals surface area contributed by atoms with Crippen LogP contribution in [0.25, 0.3) is 10.8 Å². The van der Waals surface area contributed by atoms with Crippen molar-refractivity contribution in [2.24, 2.45) is 10.2 Å². The minimum absolute atomic E-state index is 0.0269. The fourth-order valence-corrected chi connectivity index (χ4v) is 4.19. The maximum absolute atomic E-state index is 13.2. The number of benzene rings is 5. The molecule has 0 saturated carbocycles. The largest absolute Gasteiger partial charge is 0.505 e. The highest BCUT2D eigenvalue weighted by molar-refractivity contribution is 6.12. The van der Waals surface area contributed by atoms with E-state index in [2.05, 4.69) is 20.9 Å². The summed E-state index contributed by atoms with van der Waals surface area (Å²) < 4.78 is 10.3. The Morgan fingerprint density at radius 3 is 1.80 bits per heavy atom. The van der Waals surface area contributed by atoms with Crippen LogP contribution in [0.5, 0.6) is 17.2 Å². The Balaban J connectivity index is 1.47. The summed E-state index contributed by atoms with van der Waals surface area (Å²) in [5.74, 6) is 0.0838. The SMILES string of the molecule is COc1ccc(NC(=O)c2ccccc2N=Nc2c(O)c(C(=O)Nc3ccc(OC)cc3)cc3ccccc23)cc1. The van der Waals surface area contributed by atoms with E-state index in [0.29, 0.717) is 33.6 Å². The minimum Gasteiger partial charge on any atom is -0.505 e. The monoisotopic (exact) mass is 546 g/mol. The molecule has 204 valence electrons. The van der Waals surface area contributed by atoms with Gasteiger partial charge < -0.3 is 25.2 Å². The van der Waals surface area contributed by atoms with Crippen molar-refractivity contribution in [2.45, 2.75) is 0 Å². The topological polar surface area (TPSA) is 122 Å². The summed E-state index contributed by atoms with van der Waals surface area (Å²) in [6.45, 7) is 0. The zero-order chi connectivity index (χ0) is 28.8. The number of phenols is 1. The molecule has 5 aromatic carbocycles. The third-order valence-corrected chi connectivity index (χ3v) is 6.34. The van der Waals surface area contributed by atoms with Gasteiger partial charge in [-0.1, -0.05) is 36.4 Å². The van der Waals surface area contributed by atoms with Crippen molar-refractivity contribution in [1.29, 1.82) is 0 Å². The molecule has 0 aromatic heterocycles. The van der Waals surface area contributed by atoms with Crippen LogP contribution in [0.1, 0.15) is 20.7 Å². The second-order valence-corrected chi connectivity index (χ2v) is 8.92. The van der Waals surface area contributed by atoms with Crippen molar-refractivity contribution < 1.29 is 24.2 Å². The average Bonchev–Trinajstić information content (AvgIpc) is 3.01. The predicted molar refractivity (Wildman–Crippen MR) is 158 cm³/mol. The van der Waals surface area contributed by atoms with E-state index in [9.17, 15) is 14.7 Å². The highest BCUT2D eigenvalue weighted by Crippen LogP contribution is 2.40. The number of ether oxygens (including phenoxy) is 2. The first-order valence-electron chi connectivity index (χ1n) is 12.6. The fourth-order valence-electron chi connectivity index (χ4n) is 4.19. The molecule has 5 rings (SSSR count). The second-order valence-electron chi connectivity index (χ2n) is 8.92. The van der Waals surface area contributed by atoms with E-state index in [0.717, 1.165) is 0 Å². The summed E-state index contributed by atoms with van der Waals surface area (Å²) in [6.07, 6.45) is 0. The summed E-state index contributed by atoms with van der Waals surface area (Å²) in [5, 5.41) is 26.7. The highest BCUT2D eigenvalue weighted by atomic mass is 16.5. The maximum atomic E-state index is 13.2. The Hall–Kier alpha value is -5.70. The number of carbonyl (C=O) groups is 2. The molecule has 0 aliphatic carbocycles. The lowest BCUT2D eigenvalue weighted by Crippen LogP contribution is -2.12. The van der Waals surface area contributed by atoms with E-state index in [-0.39, 0.29) is 34.2 Å². The Morgan fingerprint density at radius 2 is 1.20 bits per heavy atom. The number of aromatic hydroxyl groups is 1. The molecular formula is C32H26N4O5. The van der Waals surface area contributed by atoms with Gasteiger partial charge >= 0.3 is 0 Å². The Kier molecular flexibility index (Phi) is 7.87. The standard InChI is InChI=1S/C32H26N4O5/c1-40-23-15-11-21(12-16-23)33-31(38)26-9-5-6-10-28(26)35-36-29-25-8-4-3-7-20(25)19-27(30(29)37)32(39)34-22-13-17-24(41-2)18-14-22/h3-19,37H,1-2H3,(H,33,38)(H,34,39). The van der Waals surface area contributed by atoms with Crippen molar-refractivity contribution in [3.05, 3.63) is 114 Å². The molecule has 9 heteroatoms. The quantitative estimate of drug-likeness (QED) is 0.174. The molecule has 2 amide bonds. The molecule has 0 bridgehead atoms. The first-order chi connectivity index (χ1) is 20.0. The lowest BCUT2D eigenvalue weighted by atomic mass is 10.0. The molecule has 3 N–H and O–H groups in total. The number of azo groups is 1. The summed E-state index contributed by atoms with van der Waals surface area (Å²) in [6, 6.07) is 29.3. The van der Waals surface area contributed by atoms with E-state index < -0.39 is 5.91 Å². The van der Waals surface area contributed by atoms with Crippen molar-refractivity contribution in [1.82, 2.24) is 0 Å². The molecule has 0 unspecified atom stereocenters. The zero-order valence-electron chi connectivity index (χ0n) is 22.3. The molecule has 0 spiro atoms. The van der Waals surface area contributed by atoms with Crippen LogP contribution >= 0.6 is 0 Å². The van der Waals surface area contributed by atoms with Crippen LogP contribution in [0.2, 0.25) is 0 Å². The summed E-state index contributed by atoms with van der Waals surface area (Å²) in [4.78, 5) is 26.3. The third kappa shape index (κ3) is 5.99. The van der Waals surface area contributed by atoms with Crippen molar-refractivity contribution in [3.63, 3.8) is 0 Å². The van der Waals surface area contributed by atoms with Gasteiger partial charge in [0.15, 0.2) is 5.75 Å². The van der Waals surface area contributed by atoms with E-state index in [1.807, 2.05) is 12.1 Å². The van der Waals surface area contributed by atoms with Crippen LogP contribution in [0.4, 0.5) is 22.7 Å². The van der Waals surface area contributed by atoms with Gasteiger partial charge in [-0.25, -0.2) is 0 Å². The molecule has 0 fully saturated rings. The lowest BCUT2D eigenvalue weighted by Gasteiger charge is -2.12. The van der Waals surface area contributed by atoms with E-state index >= 15 is 0 Å². The molecule has 0 atom stereocenters. The van der Waals surface area contributed by atoms with Gasteiger partial charge in [-0.05, 0) is 72.1 Å². The van der Waals surface area contributed by atoms with Crippen LogP contribution in [-0.4, -0.2) is 31.1 Å². The number of nitrogens with zero attached hydrogens (tertiary/aromatic N) is 2. The van der Waals surface area contributed by atoms with E-state index in [4.69, 9.17) is 9.47 Å². The number of methoxy groups -OCH3 is 2. The molecule has 0 heterocycles. The van der Waals surface area contributed by atoms with Gasteiger partial charge in [-0.15, -0.1) is 10.2 Å². The smallest absolute Gasteiger partial charge is 0.259 e. The fraction of sp³-hybridized carbons (Fsp3) is 0.0625.